The van der Waals surface area contributed by atoms with Gasteiger partial charge in [0.2, 0.25) is 0 Å². The molecule has 2 N–H and O–H groups in total. The highest BCUT2D eigenvalue weighted by Gasteiger charge is 2.23. The van der Waals surface area contributed by atoms with E-state index in [4.69, 9.17) is 28.4 Å². The van der Waals surface area contributed by atoms with Gasteiger partial charge in [0.15, 0.2) is 0 Å². The van der Waals surface area contributed by atoms with Crippen LogP contribution in [0.5, 0.6) is 23.0 Å². The number of carbonyl (C=O) groups excluding carboxylic acids is 3. The van der Waals surface area contributed by atoms with Crippen molar-refractivity contribution in [3.63, 3.8) is 0 Å². The maximum atomic E-state index is 13.9. The van der Waals surface area contributed by atoms with Crippen LogP contribution in [0.2, 0.25) is 0 Å². The average molecular weight is 747 g/mol. The molecule has 0 saturated carbocycles. The summed E-state index contributed by atoms with van der Waals surface area (Å²) in [5, 5.41) is 5.73. The van der Waals surface area contributed by atoms with Crippen molar-refractivity contribution in [2.24, 2.45) is 0 Å². The first kappa shape index (κ1) is 39.7. The Hall–Kier alpha value is -6.49. The number of esters is 2. The molecule has 11 heteroatoms. The molecule has 0 spiro atoms. The Bertz CT molecular complexity index is 2010. The zero-order chi connectivity index (χ0) is 38.8. The van der Waals surface area contributed by atoms with Crippen LogP contribution in [0.1, 0.15) is 71.0 Å². The summed E-state index contributed by atoms with van der Waals surface area (Å²) in [5.41, 5.74) is 3.38. The van der Waals surface area contributed by atoms with E-state index < -0.39 is 18.0 Å². The summed E-state index contributed by atoms with van der Waals surface area (Å²) in [6.07, 6.45) is 1.63. The number of nitrogens with one attached hydrogen (secondary N) is 2. The fourth-order valence-corrected chi connectivity index (χ4v) is 5.34. The van der Waals surface area contributed by atoms with E-state index in [1.165, 1.54) is 18.2 Å². The van der Waals surface area contributed by atoms with Crippen molar-refractivity contribution in [3.05, 3.63) is 143 Å². The first-order valence-electron chi connectivity index (χ1n) is 18.3. The molecule has 0 bridgehead atoms. The first-order valence-corrected chi connectivity index (χ1v) is 18.3. The maximum absolute atomic E-state index is 13.9. The molecule has 0 radical (unpaired) electrons. The Morgan fingerprint density at radius 2 is 0.873 bits per heavy atom. The maximum Gasteiger partial charge on any atom is 0.342 e. The number of hydrogen-bond donors (Lipinski definition) is 2. The van der Waals surface area contributed by atoms with Crippen molar-refractivity contribution >= 4 is 29.3 Å². The average Bonchev–Trinajstić information content (AvgIpc) is 3.20. The molecular weight excluding hydrogens is 700 g/mol. The van der Waals surface area contributed by atoms with Crippen LogP contribution in [0, 0.1) is 0 Å². The molecule has 5 aromatic carbocycles. The summed E-state index contributed by atoms with van der Waals surface area (Å²) in [6, 6.07) is 33.9. The number of amides is 2. The van der Waals surface area contributed by atoms with E-state index in [-0.39, 0.29) is 78.5 Å². The second kappa shape index (κ2) is 20.7. The standard InChI is InChI=1S/C44H46N2O9/c1-4-7-23-52-38-26-36(40(24-34(38)42(47)50-5-2)54-29-32-19-13-9-14-20-32)45-44(49)46-37-27-39(53-28-31-17-11-8-12-18-31)35(43(48)51-6-3)25-41(37)55-30-33-21-15-10-16-22-33/h8-22,24-27H,4-7,23,28-30H2,1-3H3,(H2,45,46,49). The minimum absolute atomic E-state index is 0.131. The highest BCUT2D eigenvalue weighted by molar-refractivity contribution is 6.04. The fraction of sp³-hybridized carbons (Fsp3) is 0.250. The number of hydrogen-bond acceptors (Lipinski definition) is 9. The van der Waals surface area contributed by atoms with Gasteiger partial charge in [-0.05, 0) is 37.0 Å². The van der Waals surface area contributed by atoms with Crippen LogP contribution in [0.25, 0.3) is 0 Å². The zero-order valence-corrected chi connectivity index (χ0v) is 31.3. The summed E-state index contributed by atoms with van der Waals surface area (Å²) in [7, 11) is 0. The Morgan fingerprint density at radius 1 is 0.491 bits per heavy atom. The number of ether oxygens (including phenoxy) is 6. The highest BCUT2D eigenvalue weighted by atomic mass is 16.5. The largest absolute Gasteiger partial charge is 0.493 e. The normalized spacial score (nSPS) is 10.5. The molecule has 0 unspecified atom stereocenters. The Labute approximate surface area is 321 Å². The predicted molar refractivity (Wildman–Crippen MR) is 210 cm³/mol. The van der Waals surface area contributed by atoms with Gasteiger partial charge in [0.25, 0.3) is 0 Å². The van der Waals surface area contributed by atoms with Crippen LogP contribution >= 0.6 is 0 Å². The van der Waals surface area contributed by atoms with E-state index in [1.54, 1.807) is 19.9 Å². The number of unbranched alkanes of at least 4 members (excludes halogenated alkanes) is 1. The fourth-order valence-electron chi connectivity index (χ4n) is 5.34. The minimum atomic E-state index is -0.671. The third-order valence-electron chi connectivity index (χ3n) is 8.12. The van der Waals surface area contributed by atoms with Gasteiger partial charge in [-0.25, -0.2) is 14.4 Å². The Kier molecular flexibility index (Phi) is 14.9. The van der Waals surface area contributed by atoms with Crippen LogP contribution in [-0.2, 0) is 29.3 Å². The molecule has 5 rings (SSSR count). The van der Waals surface area contributed by atoms with E-state index in [0.717, 1.165) is 29.5 Å². The summed E-state index contributed by atoms with van der Waals surface area (Å²) in [5.74, 6) is -0.354. The molecule has 5 aromatic rings. The van der Waals surface area contributed by atoms with Gasteiger partial charge in [0, 0.05) is 24.3 Å². The molecule has 0 aromatic heterocycles. The third kappa shape index (κ3) is 11.8. The van der Waals surface area contributed by atoms with Crippen molar-refractivity contribution in [1.82, 2.24) is 0 Å². The van der Waals surface area contributed by atoms with Gasteiger partial charge >= 0.3 is 18.0 Å². The van der Waals surface area contributed by atoms with Gasteiger partial charge in [-0.2, -0.15) is 0 Å². The second-order valence-electron chi connectivity index (χ2n) is 12.2. The topological polar surface area (TPSA) is 131 Å². The second-order valence-corrected chi connectivity index (χ2v) is 12.2. The molecule has 11 nitrogen and oxygen atoms in total. The minimum Gasteiger partial charge on any atom is -0.493 e. The molecule has 55 heavy (non-hydrogen) atoms. The van der Waals surface area contributed by atoms with Crippen LogP contribution in [0.15, 0.2) is 115 Å². The predicted octanol–water partition coefficient (Wildman–Crippen LogP) is 9.60. The summed E-state index contributed by atoms with van der Waals surface area (Å²) >= 11 is 0. The van der Waals surface area contributed by atoms with E-state index in [1.807, 2.05) is 97.9 Å². The quantitative estimate of drug-likeness (QED) is 0.0627. The molecule has 0 atom stereocenters. The van der Waals surface area contributed by atoms with Crippen molar-refractivity contribution in [1.29, 1.82) is 0 Å². The van der Waals surface area contributed by atoms with E-state index in [0.29, 0.717) is 6.61 Å². The molecular formula is C44H46N2O9. The van der Waals surface area contributed by atoms with Gasteiger partial charge in [0.05, 0.1) is 31.2 Å². The van der Waals surface area contributed by atoms with E-state index >= 15 is 0 Å². The Morgan fingerprint density at radius 3 is 1.25 bits per heavy atom. The molecule has 0 aliphatic carbocycles. The van der Waals surface area contributed by atoms with Crippen molar-refractivity contribution < 1.29 is 42.8 Å². The van der Waals surface area contributed by atoms with Gasteiger partial charge in [0.1, 0.15) is 53.9 Å². The molecule has 0 heterocycles. The summed E-state index contributed by atoms with van der Waals surface area (Å²) in [6.45, 7) is 6.58. The lowest BCUT2D eigenvalue weighted by atomic mass is 10.1. The molecule has 286 valence electrons. The smallest absolute Gasteiger partial charge is 0.342 e. The van der Waals surface area contributed by atoms with Gasteiger partial charge in [-0.3, -0.25) is 0 Å². The van der Waals surface area contributed by atoms with Gasteiger partial charge in [-0.1, -0.05) is 104 Å². The van der Waals surface area contributed by atoms with Crippen LogP contribution in [0.4, 0.5) is 16.2 Å². The van der Waals surface area contributed by atoms with Crippen molar-refractivity contribution in [2.45, 2.75) is 53.4 Å². The number of carbonyl (C=O) groups is 3. The number of benzene rings is 5. The molecule has 2 amide bonds. The molecule has 0 fully saturated rings. The number of rotatable bonds is 19. The van der Waals surface area contributed by atoms with Crippen molar-refractivity contribution in [3.8, 4) is 23.0 Å². The lowest BCUT2D eigenvalue weighted by Gasteiger charge is -2.20. The first-order chi connectivity index (χ1) is 26.9. The van der Waals surface area contributed by atoms with Crippen LogP contribution in [0.3, 0.4) is 0 Å². The lowest BCUT2D eigenvalue weighted by Crippen LogP contribution is -2.21. The summed E-state index contributed by atoms with van der Waals surface area (Å²) in [4.78, 5) is 40.2. The van der Waals surface area contributed by atoms with Gasteiger partial charge in [-0.15, -0.1) is 0 Å². The van der Waals surface area contributed by atoms with Crippen LogP contribution < -0.4 is 29.6 Å². The zero-order valence-electron chi connectivity index (χ0n) is 31.3. The molecule has 0 aliphatic rings. The monoisotopic (exact) mass is 746 g/mol. The number of anilines is 2. The molecule has 0 aliphatic heterocycles. The van der Waals surface area contributed by atoms with Gasteiger partial charge < -0.3 is 39.1 Å². The lowest BCUT2D eigenvalue weighted by molar-refractivity contribution is 0.0511. The van der Waals surface area contributed by atoms with E-state index in [2.05, 4.69) is 10.6 Å². The number of urea groups is 1. The third-order valence-corrected chi connectivity index (χ3v) is 8.12. The Balaban J connectivity index is 1.51. The highest BCUT2D eigenvalue weighted by Crippen LogP contribution is 2.37. The summed E-state index contributed by atoms with van der Waals surface area (Å²) < 4.78 is 35.3. The van der Waals surface area contributed by atoms with Crippen LogP contribution in [-0.4, -0.2) is 37.8 Å². The van der Waals surface area contributed by atoms with E-state index in [9.17, 15) is 14.4 Å². The molecule has 0 saturated heterocycles. The van der Waals surface area contributed by atoms with Crippen molar-refractivity contribution in [2.75, 3.05) is 30.5 Å². The SMILES string of the molecule is CCCCOc1cc(NC(=O)Nc2cc(OCc3ccccc3)c(C(=O)OCC)cc2OCc2ccccc2)c(OCc2ccccc2)cc1C(=O)OCC.